The highest BCUT2D eigenvalue weighted by atomic mass is 16.5. The zero-order valence-corrected chi connectivity index (χ0v) is 18.3. The van der Waals surface area contributed by atoms with Crippen LogP contribution in [-0.2, 0) is 4.79 Å². The van der Waals surface area contributed by atoms with Gasteiger partial charge in [-0.2, -0.15) is 0 Å². The van der Waals surface area contributed by atoms with Crippen molar-refractivity contribution in [3.63, 3.8) is 0 Å². The summed E-state index contributed by atoms with van der Waals surface area (Å²) in [6, 6.07) is 15.0. The number of benzene rings is 2. The van der Waals surface area contributed by atoms with Crippen LogP contribution < -0.4 is 25.4 Å². The Morgan fingerprint density at radius 2 is 1.64 bits per heavy atom. The Morgan fingerprint density at radius 1 is 0.909 bits per heavy atom. The van der Waals surface area contributed by atoms with Crippen LogP contribution in [0.15, 0.2) is 65.3 Å². The molecule has 3 amide bonds. The van der Waals surface area contributed by atoms with Crippen molar-refractivity contribution in [1.29, 1.82) is 0 Å². The van der Waals surface area contributed by atoms with Gasteiger partial charge in [0.05, 0.1) is 13.4 Å². The van der Waals surface area contributed by atoms with E-state index in [0.717, 1.165) is 5.56 Å². The van der Waals surface area contributed by atoms with Crippen molar-refractivity contribution in [2.45, 2.75) is 6.92 Å². The maximum Gasteiger partial charge on any atom is 0.287 e. The van der Waals surface area contributed by atoms with Gasteiger partial charge in [0.1, 0.15) is 0 Å². The van der Waals surface area contributed by atoms with E-state index in [1.807, 2.05) is 19.1 Å². The first-order chi connectivity index (χ1) is 16.0. The topological polar surface area (TPSA) is 119 Å². The van der Waals surface area contributed by atoms with E-state index < -0.39 is 0 Å². The van der Waals surface area contributed by atoms with Crippen LogP contribution in [-0.4, -0.2) is 44.5 Å². The Hall–Kier alpha value is -4.27. The second kappa shape index (κ2) is 11.4. The van der Waals surface area contributed by atoms with Gasteiger partial charge in [-0.3, -0.25) is 14.4 Å². The Morgan fingerprint density at radius 3 is 2.30 bits per heavy atom. The Bertz CT molecular complexity index is 1090. The lowest BCUT2D eigenvalue weighted by atomic mass is 10.2. The van der Waals surface area contributed by atoms with E-state index in [-0.39, 0.29) is 43.2 Å². The van der Waals surface area contributed by atoms with E-state index in [4.69, 9.17) is 13.9 Å². The number of ether oxygens (including phenoxy) is 2. The van der Waals surface area contributed by atoms with Crippen molar-refractivity contribution in [1.82, 2.24) is 10.6 Å². The third-order valence-corrected chi connectivity index (χ3v) is 4.55. The molecule has 9 nitrogen and oxygen atoms in total. The quantitative estimate of drug-likeness (QED) is 0.408. The molecule has 1 aromatic heterocycles. The molecule has 2 aromatic carbocycles. The summed E-state index contributed by atoms with van der Waals surface area (Å²) >= 11 is 0. The highest BCUT2D eigenvalue weighted by Gasteiger charge is 2.10. The Kier molecular flexibility index (Phi) is 8.07. The minimum absolute atomic E-state index is 0.189. The summed E-state index contributed by atoms with van der Waals surface area (Å²) in [5.74, 6) is 0.253. The highest BCUT2D eigenvalue weighted by Crippen LogP contribution is 2.27. The number of aryl methyl sites for hydroxylation is 1. The van der Waals surface area contributed by atoms with Crippen LogP contribution in [0.2, 0.25) is 0 Å². The maximum absolute atomic E-state index is 12.2. The Labute approximate surface area is 191 Å². The fraction of sp³-hybridized carbons (Fsp3) is 0.208. The van der Waals surface area contributed by atoms with Crippen molar-refractivity contribution in [3.8, 4) is 11.5 Å². The monoisotopic (exact) mass is 451 g/mol. The largest absolute Gasteiger partial charge is 0.493 e. The SMILES string of the molecule is COc1cc(C)ccc1OCC(=O)Nc1ccc(C(=O)NCCNC(=O)c2ccco2)cc1. The van der Waals surface area contributed by atoms with Crippen LogP contribution in [0, 0.1) is 6.92 Å². The average Bonchev–Trinajstić information content (AvgIpc) is 3.36. The number of nitrogens with one attached hydrogen (secondary N) is 3. The number of amides is 3. The summed E-state index contributed by atoms with van der Waals surface area (Å²) in [5, 5.41) is 8.06. The van der Waals surface area contributed by atoms with Crippen molar-refractivity contribution < 1.29 is 28.3 Å². The number of rotatable bonds is 10. The summed E-state index contributed by atoms with van der Waals surface area (Å²) in [7, 11) is 1.54. The number of hydrogen-bond donors (Lipinski definition) is 3. The first-order valence-corrected chi connectivity index (χ1v) is 10.2. The molecule has 0 atom stereocenters. The molecule has 3 N–H and O–H groups in total. The molecular formula is C24H25N3O6. The Balaban J connectivity index is 1.41. The fourth-order valence-corrected chi connectivity index (χ4v) is 2.89. The fourth-order valence-electron chi connectivity index (χ4n) is 2.89. The third kappa shape index (κ3) is 6.86. The molecule has 1 heterocycles. The molecule has 0 spiro atoms. The molecule has 0 fully saturated rings. The molecule has 9 heteroatoms. The minimum atomic E-state index is -0.348. The van der Waals surface area contributed by atoms with Crippen LogP contribution in [0.25, 0.3) is 0 Å². The number of hydrogen-bond acceptors (Lipinski definition) is 6. The predicted molar refractivity (Wildman–Crippen MR) is 122 cm³/mol. The van der Waals surface area contributed by atoms with Gasteiger partial charge >= 0.3 is 0 Å². The summed E-state index contributed by atoms with van der Waals surface area (Å²) in [6.45, 7) is 2.25. The zero-order chi connectivity index (χ0) is 23.6. The van der Waals surface area contributed by atoms with Gasteiger partial charge in [0.25, 0.3) is 17.7 Å². The van der Waals surface area contributed by atoms with Crippen LogP contribution in [0.1, 0.15) is 26.5 Å². The molecule has 0 unspecified atom stereocenters. The zero-order valence-electron chi connectivity index (χ0n) is 18.3. The van der Waals surface area contributed by atoms with Crippen LogP contribution in [0.5, 0.6) is 11.5 Å². The lowest BCUT2D eigenvalue weighted by molar-refractivity contribution is -0.118. The molecule has 0 aliphatic carbocycles. The van der Waals surface area contributed by atoms with Crippen LogP contribution in [0.4, 0.5) is 5.69 Å². The smallest absolute Gasteiger partial charge is 0.287 e. The molecule has 33 heavy (non-hydrogen) atoms. The molecule has 3 rings (SSSR count). The second-order valence-electron chi connectivity index (χ2n) is 7.06. The molecule has 0 saturated heterocycles. The lowest BCUT2D eigenvalue weighted by Gasteiger charge is -2.11. The van der Waals surface area contributed by atoms with E-state index >= 15 is 0 Å². The molecule has 0 aliphatic rings. The minimum Gasteiger partial charge on any atom is -0.493 e. The van der Waals surface area contributed by atoms with Gasteiger partial charge in [0, 0.05) is 24.3 Å². The number of carbonyl (C=O) groups excluding carboxylic acids is 3. The van der Waals surface area contributed by atoms with Gasteiger partial charge in [-0.1, -0.05) is 6.07 Å². The molecule has 0 saturated carbocycles. The molecule has 0 aliphatic heterocycles. The van der Waals surface area contributed by atoms with E-state index in [9.17, 15) is 14.4 Å². The maximum atomic E-state index is 12.2. The van der Waals surface area contributed by atoms with Gasteiger partial charge in [0.2, 0.25) is 0 Å². The van der Waals surface area contributed by atoms with Crippen molar-refractivity contribution in [2.75, 3.05) is 32.1 Å². The average molecular weight is 451 g/mol. The predicted octanol–water partition coefficient (Wildman–Crippen LogP) is 2.77. The van der Waals surface area contributed by atoms with E-state index in [1.165, 1.54) is 13.4 Å². The van der Waals surface area contributed by atoms with Gasteiger partial charge in [-0.25, -0.2) is 0 Å². The van der Waals surface area contributed by atoms with Crippen molar-refractivity contribution in [3.05, 3.63) is 77.7 Å². The highest BCUT2D eigenvalue weighted by molar-refractivity contribution is 5.96. The van der Waals surface area contributed by atoms with Crippen LogP contribution in [0.3, 0.4) is 0 Å². The second-order valence-corrected chi connectivity index (χ2v) is 7.06. The standard InChI is InChI=1S/C24H25N3O6/c1-16-5-10-19(21(14-16)31-2)33-15-22(28)27-18-8-6-17(7-9-18)23(29)25-11-12-26-24(30)20-4-3-13-32-20/h3-10,13-14H,11-12,15H2,1-2H3,(H,25,29)(H,26,30)(H,27,28). The lowest BCUT2D eigenvalue weighted by Crippen LogP contribution is -2.34. The number of anilines is 1. The number of methoxy groups -OCH3 is 1. The normalized spacial score (nSPS) is 10.2. The number of furan rings is 1. The summed E-state index contributed by atoms with van der Waals surface area (Å²) in [4.78, 5) is 36.2. The van der Waals surface area contributed by atoms with Gasteiger partial charge < -0.3 is 29.8 Å². The van der Waals surface area contributed by atoms with E-state index in [1.54, 1.807) is 42.5 Å². The summed E-state index contributed by atoms with van der Waals surface area (Å²) in [5.41, 5.74) is 1.97. The van der Waals surface area contributed by atoms with E-state index in [0.29, 0.717) is 22.7 Å². The summed E-state index contributed by atoms with van der Waals surface area (Å²) < 4.78 is 15.8. The molecule has 0 bridgehead atoms. The molecule has 0 radical (unpaired) electrons. The van der Waals surface area contributed by atoms with Crippen LogP contribution >= 0.6 is 0 Å². The van der Waals surface area contributed by atoms with E-state index in [2.05, 4.69) is 16.0 Å². The molecule has 172 valence electrons. The van der Waals surface area contributed by atoms with Gasteiger partial charge in [-0.15, -0.1) is 0 Å². The molecule has 3 aromatic rings. The first-order valence-electron chi connectivity index (χ1n) is 10.2. The summed E-state index contributed by atoms with van der Waals surface area (Å²) in [6.07, 6.45) is 1.41. The first kappa shape index (κ1) is 23.4. The van der Waals surface area contributed by atoms with Crippen molar-refractivity contribution in [2.24, 2.45) is 0 Å². The number of carbonyl (C=O) groups is 3. The van der Waals surface area contributed by atoms with Crippen molar-refractivity contribution >= 4 is 23.4 Å². The molecular weight excluding hydrogens is 426 g/mol. The van der Waals surface area contributed by atoms with Gasteiger partial charge in [-0.05, 0) is 61.0 Å². The third-order valence-electron chi connectivity index (χ3n) is 4.55. The van der Waals surface area contributed by atoms with Gasteiger partial charge in [0.15, 0.2) is 23.9 Å².